The van der Waals surface area contributed by atoms with Gasteiger partial charge < -0.3 is 26.2 Å². The van der Waals surface area contributed by atoms with E-state index in [2.05, 4.69) is 10.5 Å². The SMILES string of the molecule is NC(=O)[C@H](Cc1ccccc1)NC(=O)[C@H](Cc1cc(-c2cccc(Cl)c2)no1)CP(=O)(O)[C@@H](N)CCc1ccccc1. The van der Waals surface area contributed by atoms with Gasteiger partial charge in [-0.05, 0) is 36.1 Å². The van der Waals surface area contributed by atoms with Crippen LogP contribution in [-0.2, 0) is 33.4 Å². The highest BCUT2D eigenvalue weighted by atomic mass is 35.5. The predicted molar refractivity (Wildman–Crippen MR) is 163 cm³/mol. The predicted octanol–water partition coefficient (Wildman–Crippen LogP) is 4.55. The van der Waals surface area contributed by atoms with Gasteiger partial charge in [0.2, 0.25) is 19.2 Å². The Labute approximate surface area is 249 Å². The second-order valence-electron chi connectivity index (χ2n) is 10.3. The molecule has 9 nitrogen and oxygen atoms in total. The molecule has 6 N–H and O–H groups in total. The number of hydrogen-bond acceptors (Lipinski definition) is 6. The first-order chi connectivity index (χ1) is 20.1. The van der Waals surface area contributed by atoms with Gasteiger partial charge in [-0.3, -0.25) is 14.2 Å². The van der Waals surface area contributed by atoms with Gasteiger partial charge in [0.25, 0.3) is 0 Å². The number of aromatic nitrogens is 1. The van der Waals surface area contributed by atoms with E-state index >= 15 is 0 Å². The van der Waals surface area contributed by atoms with Gasteiger partial charge in [-0.1, -0.05) is 89.6 Å². The molecule has 0 saturated carbocycles. The van der Waals surface area contributed by atoms with Gasteiger partial charge in [-0.2, -0.15) is 0 Å². The summed E-state index contributed by atoms with van der Waals surface area (Å²) in [6.45, 7) is 0. The maximum absolute atomic E-state index is 13.6. The molecule has 0 aliphatic rings. The Morgan fingerprint density at radius 2 is 1.62 bits per heavy atom. The molecule has 0 fully saturated rings. The number of amides is 2. The Morgan fingerprint density at radius 1 is 0.952 bits per heavy atom. The third kappa shape index (κ3) is 8.87. The van der Waals surface area contributed by atoms with E-state index in [1.165, 1.54) is 0 Å². The topological polar surface area (TPSA) is 162 Å². The first kappa shape index (κ1) is 31.2. The smallest absolute Gasteiger partial charge is 0.240 e. The van der Waals surface area contributed by atoms with E-state index < -0.39 is 43.1 Å². The molecule has 0 saturated heterocycles. The lowest BCUT2D eigenvalue weighted by Gasteiger charge is -2.25. The van der Waals surface area contributed by atoms with Gasteiger partial charge in [0.05, 0.1) is 11.7 Å². The summed E-state index contributed by atoms with van der Waals surface area (Å²) >= 11 is 6.11. The van der Waals surface area contributed by atoms with Gasteiger partial charge in [0.15, 0.2) is 0 Å². The van der Waals surface area contributed by atoms with Crippen molar-refractivity contribution in [1.29, 1.82) is 0 Å². The third-order valence-electron chi connectivity index (χ3n) is 7.01. The summed E-state index contributed by atoms with van der Waals surface area (Å²) in [6.07, 6.45) is 0.467. The van der Waals surface area contributed by atoms with Crippen LogP contribution in [0, 0.1) is 5.92 Å². The summed E-state index contributed by atoms with van der Waals surface area (Å²) in [5, 5.41) is 7.29. The number of nitrogens with zero attached hydrogens (tertiary/aromatic N) is 1. The fourth-order valence-corrected chi connectivity index (χ4v) is 6.57. The van der Waals surface area contributed by atoms with Crippen molar-refractivity contribution in [2.24, 2.45) is 17.4 Å². The molecule has 0 aliphatic heterocycles. The quantitative estimate of drug-likeness (QED) is 0.153. The molecule has 1 aromatic heterocycles. The Bertz CT molecular complexity index is 1530. The molecule has 42 heavy (non-hydrogen) atoms. The summed E-state index contributed by atoms with van der Waals surface area (Å²) in [7, 11) is -4.04. The Hall–Kier alpha value is -3.75. The molecule has 1 unspecified atom stereocenters. The average molecular weight is 609 g/mol. The van der Waals surface area contributed by atoms with Crippen molar-refractivity contribution < 1.29 is 23.6 Å². The lowest BCUT2D eigenvalue weighted by Crippen LogP contribution is -2.49. The zero-order valence-electron chi connectivity index (χ0n) is 22.9. The summed E-state index contributed by atoms with van der Waals surface area (Å²) in [4.78, 5) is 36.9. The van der Waals surface area contributed by atoms with Gasteiger partial charge in [-0.25, -0.2) is 0 Å². The molecular formula is C31H34ClN4O5P. The number of carbonyl (C=O) groups is 2. The van der Waals surface area contributed by atoms with Crippen molar-refractivity contribution in [3.05, 3.63) is 113 Å². The van der Waals surface area contributed by atoms with E-state index in [4.69, 9.17) is 27.6 Å². The van der Waals surface area contributed by atoms with Crippen LogP contribution >= 0.6 is 19.0 Å². The molecule has 4 atom stereocenters. The maximum atomic E-state index is 13.6. The monoisotopic (exact) mass is 608 g/mol. The van der Waals surface area contributed by atoms with E-state index in [9.17, 15) is 19.0 Å². The van der Waals surface area contributed by atoms with Crippen LogP contribution in [0.25, 0.3) is 11.3 Å². The lowest BCUT2D eigenvalue weighted by molar-refractivity contribution is -0.129. The second kappa shape index (κ2) is 14.4. The molecular weight excluding hydrogens is 575 g/mol. The standard InChI is InChI=1S/C31H34ClN4O5P/c32-25-13-7-12-23(17-25)27-19-26(41-36-27)18-24(20-42(39,40)29(33)15-14-21-8-3-1-4-9-21)31(38)35-28(30(34)37)16-22-10-5-2-6-11-22/h1-13,17,19,24,28-29H,14-16,18,20,33H2,(H2,34,37)(H,35,38)(H,39,40)/t24-,28+,29-/m1/s1. The highest BCUT2D eigenvalue weighted by molar-refractivity contribution is 7.58. The Kier molecular flexibility index (Phi) is 10.7. The van der Waals surface area contributed by atoms with Crippen LogP contribution in [-0.4, -0.2) is 39.9 Å². The van der Waals surface area contributed by atoms with Gasteiger partial charge >= 0.3 is 0 Å². The molecule has 4 rings (SSSR count). The van der Waals surface area contributed by atoms with Gasteiger partial charge in [0.1, 0.15) is 17.5 Å². The number of carbonyl (C=O) groups excluding carboxylic acids is 2. The highest BCUT2D eigenvalue weighted by Crippen LogP contribution is 2.48. The molecule has 0 spiro atoms. The van der Waals surface area contributed by atoms with Crippen LogP contribution in [0.5, 0.6) is 0 Å². The number of halogens is 1. The number of hydrogen-bond donors (Lipinski definition) is 4. The molecule has 0 aliphatic carbocycles. The average Bonchev–Trinajstić information content (AvgIpc) is 3.44. The number of nitrogens with two attached hydrogens (primary N) is 2. The summed E-state index contributed by atoms with van der Waals surface area (Å²) in [5.41, 5.74) is 14.8. The third-order valence-corrected chi connectivity index (χ3v) is 9.51. The lowest BCUT2D eigenvalue weighted by atomic mass is 10.0. The fraction of sp³-hybridized carbons (Fsp3) is 0.258. The molecule has 2 amide bonds. The van der Waals surface area contributed by atoms with Gasteiger partial charge in [-0.15, -0.1) is 0 Å². The van der Waals surface area contributed by atoms with E-state index in [0.717, 1.165) is 11.1 Å². The van der Waals surface area contributed by atoms with Gasteiger partial charge in [0, 0.05) is 35.7 Å². The van der Waals surface area contributed by atoms with Crippen molar-refractivity contribution in [2.45, 2.75) is 37.5 Å². The van der Waals surface area contributed by atoms with Crippen LogP contribution in [0.2, 0.25) is 5.02 Å². The van der Waals surface area contributed by atoms with E-state index in [1.807, 2.05) is 66.7 Å². The van der Waals surface area contributed by atoms with E-state index in [0.29, 0.717) is 28.5 Å². The minimum Gasteiger partial charge on any atom is -0.368 e. The minimum atomic E-state index is -4.04. The van der Waals surface area contributed by atoms with E-state index in [-0.39, 0.29) is 19.3 Å². The number of benzene rings is 3. The number of rotatable bonds is 14. The molecule has 1 heterocycles. The first-order valence-electron chi connectivity index (χ1n) is 13.6. The summed E-state index contributed by atoms with van der Waals surface area (Å²) in [5.74, 6) is -3.12. The maximum Gasteiger partial charge on any atom is 0.240 e. The van der Waals surface area contributed by atoms with Crippen LogP contribution in [0.15, 0.2) is 95.5 Å². The Balaban J connectivity index is 1.53. The van der Waals surface area contributed by atoms with E-state index in [1.54, 1.807) is 24.3 Å². The van der Waals surface area contributed by atoms with Crippen molar-refractivity contribution in [1.82, 2.24) is 10.5 Å². The number of nitrogens with one attached hydrogen (secondary N) is 1. The molecule has 220 valence electrons. The zero-order chi connectivity index (χ0) is 30.1. The largest absolute Gasteiger partial charge is 0.368 e. The number of primary amides is 1. The fourth-order valence-electron chi connectivity index (χ4n) is 4.65. The summed E-state index contributed by atoms with van der Waals surface area (Å²) in [6, 6.07) is 26.3. The summed E-state index contributed by atoms with van der Waals surface area (Å²) < 4.78 is 19.0. The minimum absolute atomic E-state index is 0.0494. The molecule has 0 radical (unpaired) electrons. The zero-order valence-corrected chi connectivity index (χ0v) is 24.6. The highest BCUT2D eigenvalue weighted by Gasteiger charge is 2.36. The second-order valence-corrected chi connectivity index (χ2v) is 13.2. The van der Waals surface area contributed by atoms with Crippen LogP contribution in [0.4, 0.5) is 0 Å². The molecule has 11 heteroatoms. The van der Waals surface area contributed by atoms with Crippen LogP contribution < -0.4 is 16.8 Å². The molecule has 4 aromatic rings. The van der Waals surface area contributed by atoms with Crippen LogP contribution in [0.1, 0.15) is 23.3 Å². The van der Waals surface area contributed by atoms with Crippen molar-refractivity contribution in [2.75, 3.05) is 6.16 Å². The molecule has 3 aromatic carbocycles. The van der Waals surface area contributed by atoms with Crippen molar-refractivity contribution in [3.8, 4) is 11.3 Å². The Morgan fingerprint density at radius 3 is 2.26 bits per heavy atom. The number of aryl methyl sites for hydroxylation is 1. The van der Waals surface area contributed by atoms with Crippen molar-refractivity contribution in [3.63, 3.8) is 0 Å². The van der Waals surface area contributed by atoms with Crippen molar-refractivity contribution >= 4 is 30.8 Å². The molecule has 0 bridgehead atoms. The van der Waals surface area contributed by atoms with Crippen LogP contribution in [0.3, 0.4) is 0 Å². The normalized spacial score (nSPS) is 14.8. The first-order valence-corrected chi connectivity index (χ1v) is 15.9.